The fraction of sp³-hybridized carbons (Fsp3) is 0.0588. The Labute approximate surface area is 127 Å². The zero-order valence-corrected chi connectivity index (χ0v) is 12.0. The van der Waals surface area contributed by atoms with Gasteiger partial charge in [-0.1, -0.05) is 41.9 Å². The van der Waals surface area contributed by atoms with Crippen LogP contribution in [0.1, 0.15) is 15.9 Å². The fourth-order valence-electron chi connectivity index (χ4n) is 2.17. The van der Waals surface area contributed by atoms with Crippen LogP contribution in [0.15, 0.2) is 60.8 Å². The molecule has 1 N–H and O–H groups in total. The van der Waals surface area contributed by atoms with Gasteiger partial charge >= 0.3 is 0 Å². The SMILES string of the molecule is O=C(NCc1ccc(Cl)cc1)c1ccnc2ccccc12. The summed E-state index contributed by atoms with van der Waals surface area (Å²) >= 11 is 5.84. The molecule has 21 heavy (non-hydrogen) atoms. The quantitative estimate of drug-likeness (QED) is 0.798. The highest BCUT2D eigenvalue weighted by molar-refractivity contribution is 6.30. The lowest BCUT2D eigenvalue weighted by molar-refractivity contribution is 0.0952. The van der Waals surface area contributed by atoms with Gasteiger partial charge in [-0.2, -0.15) is 0 Å². The van der Waals surface area contributed by atoms with Crippen molar-refractivity contribution >= 4 is 28.4 Å². The van der Waals surface area contributed by atoms with Crippen LogP contribution in [0, 0.1) is 0 Å². The largest absolute Gasteiger partial charge is 0.348 e. The zero-order chi connectivity index (χ0) is 14.7. The number of para-hydroxylation sites is 1. The first kappa shape index (κ1) is 13.6. The number of nitrogens with one attached hydrogen (secondary N) is 1. The van der Waals surface area contributed by atoms with Crippen LogP contribution in [0.25, 0.3) is 10.9 Å². The summed E-state index contributed by atoms with van der Waals surface area (Å²) < 4.78 is 0. The van der Waals surface area contributed by atoms with Gasteiger partial charge in [0.2, 0.25) is 0 Å². The summed E-state index contributed by atoms with van der Waals surface area (Å²) in [5.41, 5.74) is 2.46. The van der Waals surface area contributed by atoms with Crippen molar-refractivity contribution in [2.75, 3.05) is 0 Å². The number of benzene rings is 2. The Hall–Kier alpha value is -2.39. The van der Waals surface area contributed by atoms with Crippen molar-refractivity contribution in [3.05, 3.63) is 76.9 Å². The molecule has 2 aromatic carbocycles. The molecule has 3 nitrogen and oxygen atoms in total. The summed E-state index contributed by atoms with van der Waals surface area (Å²) in [6.45, 7) is 0.465. The summed E-state index contributed by atoms with van der Waals surface area (Å²) in [5, 5.41) is 4.46. The number of aromatic nitrogens is 1. The first-order chi connectivity index (χ1) is 10.2. The van der Waals surface area contributed by atoms with Gasteiger partial charge in [0.15, 0.2) is 0 Å². The predicted molar refractivity (Wildman–Crippen MR) is 84.4 cm³/mol. The normalized spacial score (nSPS) is 10.5. The molecular formula is C17H13ClN2O. The van der Waals surface area contributed by atoms with Crippen LogP contribution in [0.3, 0.4) is 0 Å². The Morgan fingerprint density at radius 2 is 1.81 bits per heavy atom. The van der Waals surface area contributed by atoms with Crippen LogP contribution in [-0.2, 0) is 6.54 Å². The molecule has 0 spiro atoms. The van der Waals surface area contributed by atoms with Crippen LogP contribution in [-0.4, -0.2) is 10.9 Å². The summed E-state index contributed by atoms with van der Waals surface area (Å²) in [6.07, 6.45) is 1.65. The molecule has 0 aliphatic heterocycles. The Morgan fingerprint density at radius 3 is 2.62 bits per heavy atom. The lowest BCUT2D eigenvalue weighted by atomic mass is 10.1. The third-order valence-corrected chi connectivity index (χ3v) is 3.51. The number of nitrogens with zero attached hydrogens (tertiary/aromatic N) is 1. The molecule has 0 fully saturated rings. The second-order valence-electron chi connectivity index (χ2n) is 4.68. The van der Waals surface area contributed by atoms with Crippen molar-refractivity contribution < 1.29 is 4.79 Å². The van der Waals surface area contributed by atoms with Gasteiger partial charge < -0.3 is 5.32 Å². The summed E-state index contributed by atoms with van der Waals surface area (Å²) in [6, 6.07) is 16.8. The minimum atomic E-state index is -0.108. The third kappa shape index (κ3) is 3.03. The van der Waals surface area contributed by atoms with E-state index in [1.165, 1.54) is 0 Å². The van der Waals surface area contributed by atoms with E-state index in [0.29, 0.717) is 17.1 Å². The first-order valence-electron chi connectivity index (χ1n) is 6.60. The van der Waals surface area contributed by atoms with E-state index >= 15 is 0 Å². The molecule has 1 amide bonds. The molecule has 1 aromatic heterocycles. The van der Waals surface area contributed by atoms with E-state index in [-0.39, 0.29) is 5.91 Å². The number of amides is 1. The number of halogens is 1. The molecule has 3 rings (SSSR count). The summed E-state index contributed by atoms with van der Waals surface area (Å²) in [7, 11) is 0. The average Bonchev–Trinajstić information content (AvgIpc) is 2.53. The molecule has 1 heterocycles. The van der Waals surface area contributed by atoms with Crippen molar-refractivity contribution in [2.24, 2.45) is 0 Å². The Kier molecular flexibility index (Phi) is 3.84. The third-order valence-electron chi connectivity index (χ3n) is 3.26. The van der Waals surface area contributed by atoms with Crippen LogP contribution in [0.4, 0.5) is 0 Å². The lowest BCUT2D eigenvalue weighted by Crippen LogP contribution is -2.23. The molecule has 0 bridgehead atoms. The van der Waals surface area contributed by atoms with E-state index in [4.69, 9.17) is 11.6 Å². The number of hydrogen-bond donors (Lipinski definition) is 1. The number of rotatable bonds is 3. The summed E-state index contributed by atoms with van der Waals surface area (Å²) in [5.74, 6) is -0.108. The maximum absolute atomic E-state index is 12.3. The molecule has 0 radical (unpaired) electrons. The highest BCUT2D eigenvalue weighted by atomic mass is 35.5. The zero-order valence-electron chi connectivity index (χ0n) is 11.2. The van der Waals surface area contributed by atoms with Gasteiger partial charge in [-0.3, -0.25) is 9.78 Å². The van der Waals surface area contributed by atoms with Crippen LogP contribution >= 0.6 is 11.6 Å². The molecule has 4 heteroatoms. The van der Waals surface area contributed by atoms with Crippen LogP contribution < -0.4 is 5.32 Å². The van der Waals surface area contributed by atoms with Gasteiger partial charge in [0.05, 0.1) is 11.1 Å². The van der Waals surface area contributed by atoms with E-state index in [2.05, 4.69) is 10.3 Å². The van der Waals surface area contributed by atoms with Crippen LogP contribution in [0.2, 0.25) is 5.02 Å². The van der Waals surface area contributed by atoms with E-state index < -0.39 is 0 Å². The highest BCUT2D eigenvalue weighted by Crippen LogP contribution is 2.16. The van der Waals surface area contributed by atoms with Gasteiger partial charge in [-0.15, -0.1) is 0 Å². The monoisotopic (exact) mass is 296 g/mol. The minimum Gasteiger partial charge on any atom is -0.348 e. The van der Waals surface area contributed by atoms with Crippen molar-refractivity contribution in [2.45, 2.75) is 6.54 Å². The number of carbonyl (C=O) groups is 1. The maximum Gasteiger partial charge on any atom is 0.252 e. The fourth-order valence-corrected chi connectivity index (χ4v) is 2.30. The molecule has 0 atom stereocenters. The Morgan fingerprint density at radius 1 is 1.05 bits per heavy atom. The molecule has 0 saturated heterocycles. The van der Waals surface area contributed by atoms with Gasteiger partial charge in [-0.05, 0) is 29.8 Å². The van der Waals surface area contributed by atoms with Gasteiger partial charge in [0.1, 0.15) is 0 Å². The van der Waals surface area contributed by atoms with Crippen molar-refractivity contribution in [3.8, 4) is 0 Å². The molecule has 0 aliphatic carbocycles. The number of carbonyl (C=O) groups excluding carboxylic acids is 1. The molecule has 0 aliphatic rings. The lowest BCUT2D eigenvalue weighted by Gasteiger charge is -2.08. The van der Waals surface area contributed by atoms with Gasteiger partial charge in [0, 0.05) is 23.2 Å². The molecule has 0 saturated carbocycles. The highest BCUT2D eigenvalue weighted by Gasteiger charge is 2.09. The second-order valence-corrected chi connectivity index (χ2v) is 5.12. The smallest absolute Gasteiger partial charge is 0.252 e. The van der Waals surface area contributed by atoms with Crippen molar-refractivity contribution in [1.29, 1.82) is 0 Å². The number of pyridine rings is 1. The van der Waals surface area contributed by atoms with Gasteiger partial charge in [0.25, 0.3) is 5.91 Å². The summed E-state index contributed by atoms with van der Waals surface area (Å²) in [4.78, 5) is 16.6. The number of hydrogen-bond acceptors (Lipinski definition) is 2. The van der Waals surface area contributed by atoms with E-state index in [0.717, 1.165) is 16.5 Å². The topological polar surface area (TPSA) is 42.0 Å². The van der Waals surface area contributed by atoms with Gasteiger partial charge in [-0.25, -0.2) is 0 Å². The van der Waals surface area contributed by atoms with E-state index in [9.17, 15) is 4.79 Å². The minimum absolute atomic E-state index is 0.108. The predicted octanol–water partition coefficient (Wildman–Crippen LogP) is 3.82. The molecule has 3 aromatic rings. The Bertz CT molecular complexity index is 779. The molecular weight excluding hydrogens is 284 g/mol. The van der Waals surface area contributed by atoms with Crippen molar-refractivity contribution in [3.63, 3.8) is 0 Å². The standard InChI is InChI=1S/C17H13ClN2O/c18-13-7-5-12(6-8-13)11-20-17(21)15-9-10-19-16-4-2-1-3-14(15)16/h1-10H,11H2,(H,20,21). The van der Waals surface area contributed by atoms with E-state index in [1.807, 2.05) is 48.5 Å². The van der Waals surface area contributed by atoms with Crippen LogP contribution in [0.5, 0.6) is 0 Å². The van der Waals surface area contributed by atoms with E-state index in [1.54, 1.807) is 12.3 Å². The average molecular weight is 297 g/mol. The maximum atomic E-state index is 12.3. The van der Waals surface area contributed by atoms with Crippen molar-refractivity contribution in [1.82, 2.24) is 10.3 Å². The first-order valence-corrected chi connectivity index (χ1v) is 6.98. The molecule has 0 unspecified atom stereocenters. The molecule has 104 valence electrons. The second kappa shape index (κ2) is 5.94. The Balaban J connectivity index is 1.79. The number of fused-ring (bicyclic) bond motifs is 1.